The number of nitrogens with zero attached hydrogens (tertiary/aromatic N) is 2. The number of benzene rings is 1. The van der Waals surface area contributed by atoms with Crippen molar-refractivity contribution in [2.75, 3.05) is 11.4 Å². The van der Waals surface area contributed by atoms with Crippen LogP contribution in [0.3, 0.4) is 0 Å². The number of hydrogen-bond donors (Lipinski definition) is 2. The lowest BCUT2D eigenvalue weighted by atomic mass is 10.1. The Morgan fingerprint density at radius 2 is 2.16 bits per heavy atom. The summed E-state index contributed by atoms with van der Waals surface area (Å²) in [5.74, 6) is -1.72. The van der Waals surface area contributed by atoms with Gasteiger partial charge in [0, 0.05) is 6.07 Å². The molecule has 0 saturated carbocycles. The van der Waals surface area contributed by atoms with Crippen LogP contribution >= 0.6 is 0 Å². The molecule has 1 aliphatic rings. The van der Waals surface area contributed by atoms with Crippen molar-refractivity contribution in [1.29, 1.82) is 0 Å². The van der Waals surface area contributed by atoms with Crippen molar-refractivity contribution in [3.05, 3.63) is 33.9 Å². The highest BCUT2D eigenvalue weighted by molar-refractivity contribution is 5.99. The fraction of sp³-hybridized carbons (Fsp3) is 0.273. The van der Waals surface area contributed by atoms with Crippen molar-refractivity contribution < 1.29 is 24.7 Å². The number of anilines is 1. The number of amides is 1. The van der Waals surface area contributed by atoms with Crippen LogP contribution in [-0.4, -0.2) is 39.7 Å². The van der Waals surface area contributed by atoms with Crippen LogP contribution in [0, 0.1) is 10.1 Å². The van der Waals surface area contributed by atoms with Gasteiger partial charge in [0.2, 0.25) is 5.91 Å². The minimum atomic E-state index is -1.29. The number of hydrogen-bond acceptors (Lipinski definition) is 5. The Bertz CT molecular complexity index is 570. The molecular formula is C11H10N2O6. The summed E-state index contributed by atoms with van der Waals surface area (Å²) in [6, 6.07) is 3.29. The highest BCUT2D eigenvalue weighted by Crippen LogP contribution is 2.32. The molecule has 1 fully saturated rings. The Balaban J connectivity index is 2.48. The van der Waals surface area contributed by atoms with Gasteiger partial charge in [-0.05, 0) is 12.1 Å². The van der Waals surface area contributed by atoms with E-state index in [0.717, 1.165) is 11.0 Å². The summed E-state index contributed by atoms with van der Waals surface area (Å²) in [5.41, 5.74) is -0.707. The maximum atomic E-state index is 11.6. The molecule has 1 saturated heterocycles. The first-order chi connectivity index (χ1) is 8.90. The highest BCUT2D eigenvalue weighted by Gasteiger charge is 2.33. The van der Waals surface area contributed by atoms with E-state index in [1.807, 2.05) is 0 Å². The fourth-order valence-electron chi connectivity index (χ4n) is 1.95. The first-order valence-corrected chi connectivity index (χ1v) is 5.40. The number of aliphatic hydroxyl groups excluding tert-OH is 1. The third kappa shape index (κ3) is 2.38. The van der Waals surface area contributed by atoms with Crippen LogP contribution in [0.25, 0.3) is 0 Å². The zero-order valence-electron chi connectivity index (χ0n) is 9.65. The molecule has 0 aliphatic carbocycles. The molecular weight excluding hydrogens is 256 g/mol. The predicted molar refractivity (Wildman–Crippen MR) is 63.0 cm³/mol. The van der Waals surface area contributed by atoms with Gasteiger partial charge in [-0.1, -0.05) is 0 Å². The van der Waals surface area contributed by atoms with Gasteiger partial charge in [0.05, 0.1) is 29.6 Å². The number of nitro groups is 1. The van der Waals surface area contributed by atoms with Crippen molar-refractivity contribution in [2.45, 2.75) is 12.5 Å². The largest absolute Gasteiger partial charge is 0.478 e. The number of aromatic carboxylic acids is 1. The molecule has 1 atom stereocenters. The number of carbonyl (C=O) groups is 2. The molecule has 0 bridgehead atoms. The second-order valence-corrected chi connectivity index (χ2v) is 4.13. The van der Waals surface area contributed by atoms with E-state index in [4.69, 9.17) is 5.11 Å². The van der Waals surface area contributed by atoms with E-state index in [1.54, 1.807) is 0 Å². The first kappa shape index (κ1) is 13.0. The number of β-amino-alcohol motifs (C(OH)–C–C–N with tert-alkyl or cyclic N) is 1. The molecule has 1 aromatic rings. The van der Waals surface area contributed by atoms with Crippen molar-refractivity contribution >= 4 is 23.3 Å². The fourth-order valence-corrected chi connectivity index (χ4v) is 1.95. The maximum Gasteiger partial charge on any atom is 0.335 e. The molecule has 19 heavy (non-hydrogen) atoms. The molecule has 0 radical (unpaired) electrons. The van der Waals surface area contributed by atoms with Crippen LogP contribution in [0.1, 0.15) is 16.8 Å². The van der Waals surface area contributed by atoms with Crippen molar-refractivity contribution in [1.82, 2.24) is 0 Å². The van der Waals surface area contributed by atoms with E-state index < -0.39 is 28.6 Å². The smallest absolute Gasteiger partial charge is 0.335 e. The summed E-state index contributed by atoms with van der Waals surface area (Å²) in [4.78, 5) is 33.7. The summed E-state index contributed by atoms with van der Waals surface area (Å²) >= 11 is 0. The molecule has 1 unspecified atom stereocenters. The lowest BCUT2D eigenvalue weighted by Crippen LogP contribution is -2.26. The summed E-state index contributed by atoms with van der Waals surface area (Å²) < 4.78 is 0. The standard InChI is InChI=1S/C11H10N2O6/c14-7-4-10(15)12(5-7)8-2-1-6(11(16)17)3-9(8)13(18)19/h1-3,7,14H,4-5H2,(H,16,17). The van der Waals surface area contributed by atoms with Gasteiger partial charge in [0.15, 0.2) is 0 Å². The van der Waals surface area contributed by atoms with E-state index in [1.165, 1.54) is 12.1 Å². The average Bonchev–Trinajstić information content (AvgIpc) is 2.67. The van der Waals surface area contributed by atoms with Crippen LogP contribution in [0.4, 0.5) is 11.4 Å². The second-order valence-electron chi connectivity index (χ2n) is 4.13. The van der Waals surface area contributed by atoms with E-state index in [2.05, 4.69) is 0 Å². The molecule has 1 aliphatic heterocycles. The van der Waals surface area contributed by atoms with Crippen LogP contribution < -0.4 is 4.90 Å². The Morgan fingerprint density at radius 3 is 2.63 bits per heavy atom. The van der Waals surface area contributed by atoms with Gasteiger partial charge in [-0.15, -0.1) is 0 Å². The predicted octanol–water partition coefficient (Wildman–Crippen LogP) is 0.391. The lowest BCUT2D eigenvalue weighted by Gasteiger charge is -2.15. The summed E-state index contributed by atoms with van der Waals surface area (Å²) in [6.45, 7) is -0.0356. The Morgan fingerprint density at radius 1 is 1.47 bits per heavy atom. The van der Waals surface area contributed by atoms with E-state index in [9.17, 15) is 24.8 Å². The van der Waals surface area contributed by atoms with E-state index in [0.29, 0.717) is 0 Å². The third-order valence-corrected chi connectivity index (χ3v) is 2.81. The molecule has 0 spiro atoms. The zero-order valence-corrected chi connectivity index (χ0v) is 9.65. The van der Waals surface area contributed by atoms with Crippen molar-refractivity contribution in [3.63, 3.8) is 0 Å². The van der Waals surface area contributed by atoms with Crippen LogP contribution in [0.15, 0.2) is 18.2 Å². The molecule has 0 aromatic heterocycles. The van der Waals surface area contributed by atoms with Gasteiger partial charge in [-0.2, -0.15) is 0 Å². The SMILES string of the molecule is O=C(O)c1ccc(N2CC(O)CC2=O)c([N+](=O)[O-])c1. The normalized spacial score (nSPS) is 18.7. The van der Waals surface area contributed by atoms with E-state index >= 15 is 0 Å². The van der Waals surface area contributed by atoms with Gasteiger partial charge in [0.25, 0.3) is 5.69 Å². The van der Waals surface area contributed by atoms with Gasteiger partial charge < -0.3 is 15.1 Å². The van der Waals surface area contributed by atoms with Crippen molar-refractivity contribution in [3.8, 4) is 0 Å². The quantitative estimate of drug-likeness (QED) is 0.603. The molecule has 8 nitrogen and oxygen atoms in total. The van der Waals surface area contributed by atoms with Crippen LogP contribution in [0.2, 0.25) is 0 Å². The van der Waals surface area contributed by atoms with Gasteiger partial charge >= 0.3 is 5.97 Å². The van der Waals surface area contributed by atoms with Crippen LogP contribution in [0.5, 0.6) is 0 Å². The zero-order chi connectivity index (χ0) is 14.2. The number of nitro benzene ring substituents is 1. The number of carboxylic acids is 1. The Hall–Kier alpha value is -2.48. The van der Waals surface area contributed by atoms with Crippen molar-refractivity contribution in [2.24, 2.45) is 0 Å². The molecule has 1 aromatic carbocycles. The number of aliphatic hydroxyl groups is 1. The summed E-state index contributed by atoms with van der Waals surface area (Å²) in [6.07, 6.45) is -0.969. The molecule has 1 amide bonds. The van der Waals surface area contributed by atoms with E-state index in [-0.39, 0.29) is 24.2 Å². The minimum Gasteiger partial charge on any atom is -0.478 e. The van der Waals surface area contributed by atoms with Gasteiger partial charge in [-0.25, -0.2) is 4.79 Å². The number of carboxylic acid groups (broad SMARTS) is 1. The minimum absolute atomic E-state index is 0.00319. The molecule has 100 valence electrons. The molecule has 8 heteroatoms. The summed E-state index contributed by atoms with van der Waals surface area (Å²) in [5, 5.41) is 29.1. The topological polar surface area (TPSA) is 121 Å². The van der Waals surface area contributed by atoms with Gasteiger partial charge in [0.1, 0.15) is 5.69 Å². The molecule has 1 heterocycles. The Kier molecular flexibility index (Phi) is 3.17. The van der Waals surface area contributed by atoms with Crippen LogP contribution in [-0.2, 0) is 4.79 Å². The lowest BCUT2D eigenvalue weighted by molar-refractivity contribution is -0.384. The third-order valence-electron chi connectivity index (χ3n) is 2.81. The average molecular weight is 266 g/mol. The number of carbonyl (C=O) groups excluding carboxylic acids is 1. The highest BCUT2D eigenvalue weighted by atomic mass is 16.6. The number of rotatable bonds is 3. The van der Waals surface area contributed by atoms with Gasteiger partial charge in [-0.3, -0.25) is 14.9 Å². The Labute approximate surface area is 107 Å². The first-order valence-electron chi connectivity index (χ1n) is 5.40. The summed E-state index contributed by atoms with van der Waals surface area (Å²) in [7, 11) is 0. The second kappa shape index (κ2) is 4.65. The molecule has 2 rings (SSSR count). The monoisotopic (exact) mass is 266 g/mol. The maximum absolute atomic E-state index is 11.6. The molecule has 2 N–H and O–H groups in total.